The molecule has 0 saturated heterocycles. The Hall–Kier alpha value is -2.38. The molecule has 1 amide bonds. The Morgan fingerprint density at radius 1 is 1.27 bits per heavy atom. The largest absolute Gasteiger partial charge is 0.326 e. The van der Waals surface area contributed by atoms with E-state index in [1.807, 2.05) is 16.9 Å². The lowest BCUT2D eigenvalue weighted by molar-refractivity contribution is -0.115. The number of nitrogens with one attached hydrogen (secondary N) is 1. The highest BCUT2D eigenvalue weighted by Gasteiger charge is 2.48. The molecule has 0 aliphatic heterocycles. The van der Waals surface area contributed by atoms with Crippen molar-refractivity contribution in [3.8, 4) is 0 Å². The first-order valence-corrected chi connectivity index (χ1v) is 12.1. The molecular weight excluding hydrogens is 422 g/mol. The summed E-state index contributed by atoms with van der Waals surface area (Å²) in [5, 5.41) is 8.58. The monoisotopic (exact) mass is 445 g/mol. The lowest BCUT2D eigenvalue weighted by Crippen LogP contribution is -2.23. The van der Waals surface area contributed by atoms with Crippen LogP contribution in [-0.2, 0) is 26.6 Å². The summed E-state index contributed by atoms with van der Waals surface area (Å²) in [4.78, 5) is 12.7. The first kappa shape index (κ1) is 20.9. The Bertz CT molecular complexity index is 1240. The van der Waals surface area contributed by atoms with E-state index in [9.17, 15) is 13.2 Å². The average molecular weight is 446 g/mol. The molecule has 1 aliphatic rings. The highest BCUT2D eigenvalue weighted by atomic mass is 35.5. The van der Waals surface area contributed by atoms with Crippen LogP contribution in [0.3, 0.4) is 0 Å². The van der Waals surface area contributed by atoms with E-state index < -0.39 is 9.84 Å². The van der Waals surface area contributed by atoms with Gasteiger partial charge in [0.15, 0.2) is 9.84 Å². The van der Waals surface area contributed by atoms with E-state index in [-0.39, 0.29) is 22.8 Å². The lowest BCUT2D eigenvalue weighted by Gasteiger charge is -2.19. The van der Waals surface area contributed by atoms with Crippen molar-refractivity contribution < 1.29 is 13.2 Å². The quantitative estimate of drug-likeness (QED) is 0.609. The van der Waals surface area contributed by atoms with Gasteiger partial charge >= 0.3 is 0 Å². The first-order chi connectivity index (χ1) is 14.1. The topological polar surface area (TPSA) is 81.1 Å². The number of fused-ring (bicyclic) bond motifs is 1. The summed E-state index contributed by atoms with van der Waals surface area (Å²) >= 11 is 6.14. The number of hydrogen-bond donors (Lipinski definition) is 1. The van der Waals surface area contributed by atoms with Crippen LogP contribution in [0.2, 0.25) is 5.02 Å². The fourth-order valence-corrected chi connectivity index (χ4v) is 5.02. The zero-order valence-corrected chi connectivity index (χ0v) is 18.7. The van der Waals surface area contributed by atoms with Crippen LogP contribution in [0.25, 0.3) is 10.9 Å². The second-order valence-corrected chi connectivity index (χ2v) is 10.7. The minimum absolute atomic E-state index is 0.0543. The predicted molar refractivity (Wildman–Crippen MR) is 119 cm³/mol. The predicted octanol–water partition coefficient (Wildman–Crippen LogP) is 4.42. The maximum absolute atomic E-state index is 12.6. The number of aromatic nitrogens is 2. The molecule has 6 nitrogen and oxygen atoms in total. The van der Waals surface area contributed by atoms with Crippen molar-refractivity contribution in [1.29, 1.82) is 0 Å². The van der Waals surface area contributed by atoms with Crippen molar-refractivity contribution in [2.45, 2.75) is 43.5 Å². The number of amides is 1. The molecule has 1 N–H and O–H groups in total. The van der Waals surface area contributed by atoms with E-state index in [0.717, 1.165) is 12.8 Å². The van der Waals surface area contributed by atoms with Gasteiger partial charge in [-0.3, -0.25) is 9.48 Å². The van der Waals surface area contributed by atoms with E-state index in [2.05, 4.69) is 24.3 Å². The molecule has 1 saturated carbocycles. The lowest BCUT2D eigenvalue weighted by atomic mass is 10.0. The minimum atomic E-state index is -3.51. The fraction of sp³-hybridized carbons (Fsp3) is 0.364. The molecule has 1 aliphatic carbocycles. The van der Waals surface area contributed by atoms with Gasteiger partial charge in [0.05, 0.1) is 22.4 Å². The molecule has 2 aromatic carbocycles. The van der Waals surface area contributed by atoms with Crippen LogP contribution < -0.4 is 5.32 Å². The Balaban J connectivity index is 1.70. The summed E-state index contributed by atoms with van der Waals surface area (Å²) in [6.45, 7) is 4.30. The summed E-state index contributed by atoms with van der Waals surface area (Å²) in [5.41, 5.74) is 1.61. The normalized spacial score (nSPS) is 15.5. The number of rotatable bonds is 6. The standard InChI is InChI=1S/C22H24ClN3O3S/c1-14(2)22(8-9-22)26-13-17-19(25-26)11-16(12-20(17)30(3,28)29)24-21(27)10-15-6-4-5-7-18(15)23/h4-7,11-14H,8-10H2,1-3H3,(H,24,27). The van der Waals surface area contributed by atoms with Gasteiger partial charge in [-0.05, 0) is 42.5 Å². The molecular formula is C22H24ClN3O3S. The third-order valence-electron chi connectivity index (χ3n) is 5.87. The number of anilines is 1. The average Bonchev–Trinajstić information content (AvgIpc) is 3.36. The number of sulfone groups is 1. The Labute approximate surface area is 181 Å². The zero-order valence-electron chi connectivity index (χ0n) is 17.1. The molecule has 1 aromatic heterocycles. The van der Waals surface area contributed by atoms with Crippen molar-refractivity contribution in [1.82, 2.24) is 9.78 Å². The van der Waals surface area contributed by atoms with E-state index in [0.29, 0.717) is 33.1 Å². The molecule has 0 bridgehead atoms. The van der Waals surface area contributed by atoms with Crippen molar-refractivity contribution in [3.05, 3.63) is 53.2 Å². The summed E-state index contributed by atoms with van der Waals surface area (Å²) in [6.07, 6.45) is 5.14. The van der Waals surface area contributed by atoms with Crippen LogP contribution in [0.5, 0.6) is 0 Å². The maximum Gasteiger partial charge on any atom is 0.228 e. The van der Waals surface area contributed by atoms with Crippen molar-refractivity contribution in [3.63, 3.8) is 0 Å². The number of hydrogen-bond acceptors (Lipinski definition) is 4. The fourth-order valence-electron chi connectivity index (χ4n) is 3.92. The van der Waals surface area contributed by atoms with Gasteiger partial charge in [-0.25, -0.2) is 8.42 Å². The van der Waals surface area contributed by atoms with Crippen molar-refractivity contribution in [2.75, 3.05) is 11.6 Å². The Morgan fingerprint density at radius 2 is 1.97 bits per heavy atom. The van der Waals surface area contributed by atoms with Gasteiger partial charge in [0.2, 0.25) is 5.91 Å². The minimum Gasteiger partial charge on any atom is -0.326 e. The number of benzene rings is 2. The van der Waals surface area contributed by atoms with Crippen LogP contribution >= 0.6 is 11.6 Å². The third-order valence-corrected chi connectivity index (χ3v) is 7.38. The van der Waals surface area contributed by atoms with Crippen LogP contribution in [-0.4, -0.2) is 30.4 Å². The molecule has 158 valence electrons. The van der Waals surface area contributed by atoms with E-state index in [4.69, 9.17) is 11.6 Å². The SMILES string of the molecule is CC(C)C1(n2cc3c(S(C)(=O)=O)cc(NC(=O)Cc4ccccc4Cl)cc3n2)CC1. The summed E-state index contributed by atoms with van der Waals surface area (Å²) in [7, 11) is -3.51. The van der Waals surface area contributed by atoms with Gasteiger partial charge in [0.25, 0.3) is 0 Å². The second-order valence-electron chi connectivity index (χ2n) is 8.33. The van der Waals surface area contributed by atoms with E-state index in [1.54, 1.807) is 24.3 Å². The van der Waals surface area contributed by atoms with Gasteiger partial charge in [-0.15, -0.1) is 0 Å². The van der Waals surface area contributed by atoms with Gasteiger partial charge < -0.3 is 5.32 Å². The molecule has 8 heteroatoms. The molecule has 30 heavy (non-hydrogen) atoms. The smallest absolute Gasteiger partial charge is 0.228 e. The number of carbonyl (C=O) groups excluding carboxylic acids is 1. The number of carbonyl (C=O) groups is 1. The Morgan fingerprint density at radius 3 is 2.57 bits per heavy atom. The van der Waals surface area contributed by atoms with Crippen LogP contribution in [0, 0.1) is 5.92 Å². The van der Waals surface area contributed by atoms with Gasteiger partial charge in [0.1, 0.15) is 0 Å². The zero-order chi connectivity index (χ0) is 21.7. The van der Waals surface area contributed by atoms with Crippen LogP contribution in [0.15, 0.2) is 47.5 Å². The maximum atomic E-state index is 12.6. The highest BCUT2D eigenvalue weighted by molar-refractivity contribution is 7.91. The molecule has 0 unspecified atom stereocenters. The molecule has 3 aromatic rings. The van der Waals surface area contributed by atoms with Gasteiger partial charge in [-0.2, -0.15) is 5.10 Å². The molecule has 0 spiro atoms. The first-order valence-electron chi connectivity index (χ1n) is 9.87. The number of halogens is 1. The summed E-state index contributed by atoms with van der Waals surface area (Å²) in [5.74, 6) is 0.116. The van der Waals surface area contributed by atoms with Crippen molar-refractivity contribution in [2.24, 2.45) is 5.92 Å². The van der Waals surface area contributed by atoms with Crippen molar-refractivity contribution >= 4 is 43.9 Å². The Kier molecular flexibility index (Phi) is 5.14. The van der Waals surface area contributed by atoms with E-state index in [1.165, 1.54) is 12.3 Å². The van der Waals surface area contributed by atoms with Gasteiger partial charge in [0, 0.05) is 28.5 Å². The molecule has 0 atom stereocenters. The summed E-state index contributed by atoms with van der Waals surface area (Å²) in [6, 6.07) is 10.4. The summed E-state index contributed by atoms with van der Waals surface area (Å²) < 4.78 is 26.8. The molecule has 1 fully saturated rings. The molecule has 4 rings (SSSR count). The van der Waals surface area contributed by atoms with Gasteiger partial charge in [-0.1, -0.05) is 43.6 Å². The number of nitrogens with zero attached hydrogens (tertiary/aromatic N) is 2. The second kappa shape index (κ2) is 7.39. The molecule has 0 radical (unpaired) electrons. The highest BCUT2D eigenvalue weighted by Crippen LogP contribution is 2.49. The third kappa shape index (κ3) is 3.84. The van der Waals surface area contributed by atoms with E-state index >= 15 is 0 Å². The molecule has 1 heterocycles. The van der Waals surface area contributed by atoms with Crippen LogP contribution in [0.1, 0.15) is 32.3 Å². The van der Waals surface area contributed by atoms with Crippen LogP contribution in [0.4, 0.5) is 5.69 Å².